The zero-order valence-corrected chi connectivity index (χ0v) is 21.4. The molecule has 190 valence electrons. The molecule has 0 N–H and O–H groups in total. The Labute approximate surface area is 226 Å². The van der Waals surface area contributed by atoms with Gasteiger partial charge in [0.2, 0.25) is 0 Å². The number of fused-ring (bicyclic) bond motifs is 3. The second kappa shape index (κ2) is 9.09. The maximum absolute atomic E-state index is 9.71. The molecule has 3 fully saturated rings. The zero-order valence-electron chi connectivity index (χ0n) is 21.4. The number of anilines is 1. The Morgan fingerprint density at radius 1 is 0.974 bits per heavy atom. The van der Waals surface area contributed by atoms with Gasteiger partial charge in [-0.2, -0.15) is 15.5 Å². The fourth-order valence-corrected chi connectivity index (χ4v) is 5.88. The molecule has 8 rings (SSSR count). The molecule has 5 aromatic rings. The molecule has 2 atom stereocenters. The van der Waals surface area contributed by atoms with E-state index in [0.29, 0.717) is 17.6 Å². The van der Waals surface area contributed by atoms with E-state index in [1.165, 1.54) is 6.42 Å². The van der Waals surface area contributed by atoms with Crippen LogP contribution in [0.25, 0.3) is 27.8 Å². The number of piperidine rings is 1. The van der Waals surface area contributed by atoms with Gasteiger partial charge >= 0.3 is 0 Å². The van der Waals surface area contributed by atoms with Gasteiger partial charge in [0.1, 0.15) is 11.9 Å². The van der Waals surface area contributed by atoms with E-state index in [-0.39, 0.29) is 0 Å². The maximum Gasteiger partial charge on any atom is 0.128 e. The van der Waals surface area contributed by atoms with Crippen LogP contribution in [-0.2, 0) is 13.6 Å². The van der Waals surface area contributed by atoms with Crippen LogP contribution in [0.1, 0.15) is 23.1 Å². The van der Waals surface area contributed by atoms with Gasteiger partial charge < -0.3 is 4.90 Å². The number of nitrogens with zero attached hydrogens (tertiary/aromatic N) is 9. The first-order chi connectivity index (χ1) is 19.1. The highest BCUT2D eigenvalue weighted by Gasteiger charge is 2.44. The Bertz CT molecular complexity index is 1770. The lowest BCUT2D eigenvalue weighted by molar-refractivity contribution is -0.00875. The van der Waals surface area contributed by atoms with Crippen molar-refractivity contribution in [2.75, 3.05) is 18.0 Å². The van der Waals surface area contributed by atoms with Gasteiger partial charge in [0.15, 0.2) is 0 Å². The van der Waals surface area contributed by atoms with E-state index in [9.17, 15) is 5.26 Å². The summed E-state index contributed by atoms with van der Waals surface area (Å²) in [4.78, 5) is 14.1. The van der Waals surface area contributed by atoms with Crippen LogP contribution < -0.4 is 4.90 Å². The van der Waals surface area contributed by atoms with Crippen molar-refractivity contribution in [1.29, 1.82) is 5.26 Å². The van der Waals surface area contributed by atoms with Gasteiger partial charge in [-0.3, -0.25) is 14.6 Å². The Morgan fingerprint density at radius 2 is 1.85 bits per heavy atom. The van der Waals surface area contributed by atoms with E-state index in [1.807, 2.05) is 38.0 Å². The van der Waals surface area contributed by atoms with Crippen LogP contribution in [0.5, 0.6) is 0 Å². The van der Waals surface area contributed by atoms with Gasteiger partial charge in [-0.1, -0.05) is 5.92 Å². The highest BCUT2D eigenvalue weighted by atomic mass is 15.4. The summed E-state index contributed by atoms with van der Waals surface area (Å²) in [6.07, 6.45) is 19.6. The Balaban J connectivity index is 1.14. The van der Waals surface area contributed by atoms with Crippen LogP contribution in [0.2, 0.25) is 0 Å². The number of hydrogen-bond donors (Lipinski definition) is 0. The highest BCUT2D eigenvalue weighted by Crippen LogP contribution is 2.36. The summed E-state index contributed by atoms with van der Waals surface area (Å²) in [5.74, 6) is 3.65. The topological polar surface area (TPSA) is 91.2 Å². The van der Waals surface area contributed by atoms with Gasteiger partial charge in [-0.15, -0.1) is 6.42 Å². The van der Waals surface area contributed by atoms with Gasteiger partial charge in [0.25, 0.3) is 0 Å². The maximum atomic E-state index is 9.71. The largest absolute Gasteiger partial charge is 0.353 e. The summed E-state index contributed by atoms with van der Waals surface area (Å²) in [5.41, 5.74) is 7.11. The number of rotatable bonds is 5. The van der Waals surface area contributed by atoms with E-state index in [1.54, 1.807) is 21.6 Å². The number of nitriles is 1. The predicted molar refractivity (Wildman–Crippen MR) is 147 cm³/mol. The first kappa shape index (κ1) is 23.2. The van der Waals surface area contributed by atoms with E-state index < -0.39 is 0 Å². The van der Waals surface area contributed by atoms with Crippen LogP contribution in [0.4, 0.5) is 5.82 Å². The van der Waals surface area contributed by atoms with Crippen LogP contribution in [0.15, 0.2) is 67.6 Å². The molecule has 9 heteroatoms. The van der Waals surface area contributed by atoms with Gasteiger partial charge in [-0.25, -0.2) is 9.50 Å². The Morgan fingerprint density at radius 3 is 2.56 bits per heavy atom. The van der Waals surface area contributed by atoms with Crippen molar-refractivity contribution in [2.24, 2.45) is 7.05 Å². The molecule has 3 aliphatic rings. The molecule has 3 saturated heterocycles. The lowest BCUT2D eigenvalue weighted by Gasteiger charge is -2.56. The average Bonchev–Trinajstić information content (AvgIpc) is 3.61. The summed E-state index contributed by atoms with van der Waals surface area (Å²) in [7, 11) is 1.89. The fraction of sp³-hybridized carbons (Fsp3) is 0.233. The normalized spacial score (nSPS) is 18.5. The van der Waals surface area contributed by atoms with Crippen LogP contribution >= 0.6 is 0 Å². The molecule has 0 aromatic carbocycles. The van der Waals surface area contributed by atoms with Gasteiger partial charge in [0.05, 0.1) is 23.5 Å². The minimum Gasteiger partial charge on any atom is -0.353 e. The van der Waals surface area contributed by atoms with Crippen molar-refractivity contribution in [3.8, 4) is 40.7 Å². The van der Waals surface area contributed by atoms with E-state index in [4.69, 9.17) is 11.4 Å². The molecule has 2 bridgehead atoms. The molecule has 8 heterocycles. The number of pyridine rings is 3. The predicted octanol–water partition coefficient (Wildman–Crippen LogP) is 3.51. The van der Waals surface area contributed by atoms with Crippen LogP contribution in [-0.4, -0.2) is 59.4 Å². The number of hydrogen-bond acceptors (Lipinski definition) is 7. The van der Waals surface area contributed by atoms with Crippen molar-refractivity contribution in [3.63, 3.8) is 0 Å². The van der Waals surface area contributed by atoms with E-state index >= 15 is 0 Å². The fourth-order valence-electron chi connectivity index (χ4n) is 5.88. The average molecular weight is 512 g/mol. The molecule has 9 nitrogen and oxygen atoms in total. The van der Waals surface area contributed by atoms with Crippen LogP contribution in [0, 0.1) is 23.7 Å². The summed E-state index contributed by atoms with van der Waals surface area (Å²) in [6, 6.07) is 11.6. The summed E-state index contributed by atoms with van der Waals surface area (Å²) in [6.45, 7) is 2.74. The Hall–Kier alpha value is -4.99. The summed E-state index contributed by atoms with van der Waals surface area (Å²) < 4.78 is 3.54. The molecule has 3 aliphatic heterocycles. The zero-order chi connectivity index (χ0) is 26.5. The number of aromatic nitrogens is 6. The number of aryl methyl sites for hydroxylation is 1. The summed E-state index contributed by atoms with van der Waals surface area (Å²) in [5, 5.41) is 18.5. The van der Waals surface area contributed by atoms with Gasteiger partial charge in [-0.05, 0) is 36.2 Å². The third-order valence-corrected chi connectivity index (χ3v) is 7.82. The van der Waals surface area contributed by atoms with Crippen molar-refractivity contribution in [1.82, 2.24) is 34.3 Å². The lowest BCUT2D eigenvalue weighted by atomic mass is 9.87. The number of terminal acetylenes is 1. The molecule has 0 saturated carbocycles. The molecular weight excluding hydrogens is 486 g/mol. The van der Waals surface area contributed by atoms with Crippen molar-refractivity contribution < 1.29 is 0 Å². The molecule has 2 unspecified atom stereocenters. The molecule has 0 spiro atoms. The third-order valence-electron chi connectivity index (χ3n) is 7.82. The lowest BCUT2D eigenvalue weighted by Crippen LogP contribution is -2.68. The van der Waals surface area contributed by atoms with Gasteiger partial charge in [0, 0.05) is 97.6 Å². The molecule has 0 aliphatic carbocycles. The van der Waals surface area contributed by atoms with Crippen molar-refractivity contribution >= 4 is 11.3 Å². The highest BCUT2D eigenvalue weighted by molar-refractivity contribution is 5.87. The quantitative estimate of drug-likeness (QED) is 0.334. The molecule has 5 aromatic heterocycles. The second-order valence-electron chi connectivity index (χ2n) is 10.3. The molecule has 0 amide bonds. The molecule has 39 heavy (non-hydrogen) atoms. The third kappa shape index (κ3) is 4.01. The number of piperazine rings is 1. The minimum absolute atomic E-state index is 0.487. The first-order valence-electron chi connectivity index (χ1n) is 12.9. The minimum atomic E-state index is 0.487. The van der Waals surface area contributed by atoms with Crippen LogP contribution in [0.3, 0.4) is 0 Å². The molecular formula is C30H25N9. The molecule has 0 radical (unpaired) electrons. The monoisotopic (exact) mass is 511 g/mol. The smallest absolute Gasteiger partial charge is 0.128 e. The SMILES string of the molecule is C#Cc1cncc(CN2C3CC2CN(c2ccc(-c4cc(-c5cnn(C)c5)cn5ncc(C#N)c45)cn2)C3)c1. The van der Waals surface area contributed by atoms with E-state index in [0.717, 1.165) is 64.3 Å². The van der Waals surface area contributed by atoms with E-state index in [2.05, 4.69) is 61.2 Å². The van der Waals surface area contributed by atoms with Crippen molar-refractivity contribution in [3.05, 3.63) is 84.3 Å². The first-order valence-corrected chi connectivity index (χ1v) is 12.9. The van der Waals surface area contributed by atoms with Crippen molar-refractivity contribution in [2.45, 2.75) is 25.0 Å². The Kier molecular flexibility index (Phi) is 5.39. The summed E-state index contributed by atoms with van der Waals surface area (Å²) >= 11 is 0. The standard InChI is InChI=1S/C30H25N9/c1-3-20-6-21(11-32-10-20)15-38-26-8-27(38)19-37(18-26)29-5-4-22(12-33-29)28-7-23(25-14-34-36(2)16-25)17-39-30(28)24(9-31)13-35-39/h1,4-7,10-14,16-17,26-27H,8,15,18-19H2,2H3. The second-order valence-corrected chi connectivity index (χ2v) is 10.3.